The number of imidazole rings is 1. The summed E-state index contributed by atoms with van der Waals surface area (Å²) in [5.74, 6) is 0.677. The van der Waals surface area contributed by atoms with Crippen LogP contribution in [-0.2, 0) is 16.7 Å². The first kappa shape index (κ1) is 16.1. The molecule has 0 atom stereocenters. The Hall–Kier alpha value is -2.72. The molecule has 2 aromatic heterocycles. The fraction of sp³-hybridized carbons (Fsp3) is 0.214. The van der Waals surface area contributed by atoms with E-state index < -0.39 is 15.3 Å². The largest absolute Gasteiger partial charge is 0.492 e. The Bertz CT molecular complexity index is 982. The van der Waals surface area contributed by atoms with Gasteiger partial charge >= 0.3 is 10.1 Å². The third-order valence-electron chi connectivity index (χ3n) is 3.36. The van der Waals surface area contributed by atoms with E-state index in [4.69, 9.17) is 10.5 Å². The predicted octanol–water partition coefficient (Wildman–Crippen LogP) is 1.04. The SMILES string of the molecule is Cc1ccc(OCCn2c(S(=O)(=O)O)nc3c(N)ncnc32)cc1. The molecule has 0 fully saturated rings. The van der Waals surface area contributed by atoms with Crippen LogP contribution in [0.3, 0.4) is 0 Å². The van der Waals surface area contributed by atoms with Crippen molar-refractivity contribution in [3.05, 3.63) is 36.2 Å². The Balaban J connectivity index is 1.90. The monoisotopic (exact) mass is 349 g/mol. The quantitative estimate of drug-likeness (QED) is 0.653. The van der Waals surface area contributed by atoms with Crippen molar-refractivity contribution in [2.24, 2.45) is 0 Å². The number of aromatic nitrogens is 4. The van der Waals surface area contributed by atoms with Crippen molar-refractivity contribution in [1.29, 1.82) is 0 Å². The molecule has 24 heavy (non-hydrogen) atoms. The van der Waals surface area contributed by atoms with Crippen LogP contribution >= 0.6 is 0 Å². The summed E-state index contributed by atoms with van der Waals surface area (Å²) in [6.45, 7) is 2.22. The summed E-state index contributed by atoms with van der Waals surface area (Å²) in [4.78, 5) is 11.6. The molecule has 0 unspecified atom stereocenters. The van der Waals surface area contributed by atoms with Crippen molar-refractivity contribution >= 4 is 27.1 Å². The lowest BCUT2D eigenvalue weighted by atomic mass is 10.2. The summed E-state index contributed by atoms with van der Waals surface area (Å²) in [6, 6.07) is 7.43. The number of nitrogens with zero attached hydrogens (tertiary/aromatic N) is 4. The fourth-order valence-corrected chi connectivity index (χ4v) is 2.88. The highest BCUT2D eigenvalue weighted by molar-refractivity contribution is 7.85. The third kappa shape index (κ3) is 3.14. The molecule has 0 saturated carbocycles. The van der Waals surface area contributed by atoms with Gasteiger partial charge in [-0.05, 0) is 19.1 Å². The maximum atomic E-state index is 11.5. The van der Waals surface area contributed by atoms with Gasteiger partial charge < -0.3 is 10.5 Å². The molecule has 0 radical (unpaired) electrons. The third-order valence-corrected chi connectivity index (χ3v) is 4.13. The highest BCUT2D eigenvalue weighted by atomic mass is 32.2. The summed E-state index contributed by atoms with van der Waals surface area (Å²) in [5.41, 5.74) is 7.10. The van der Waals surface area contributed by atoms with Gasteiger partial charge in [0.2, 0.25) is 0 Å². The van der Waals surface area contributed by atoms with Crippen LogP contribution in [-0.4, -0.2) is 39.1 Å². The Kier molecular flexibility index (Phi) is 4.08. The number of rotatable bonds is 5. The van der Waals surface area contributed by atoms with Crippen LogP contribution in [0.25, 0.3) is 11.2 Å². The van der Waals surface area contributed by atoms with E-state index in [0.29, 0.717) is 5.75 Å². The van der Waals surface area contributed by atoms with Crippen molar-refractivity contribution < 1.29 is 17.7 Å². The molecule has 0 aliphatic carbocycles. The topological polar surface area (TPSA) is 133 Å². The Morgan fingerprint density at radius 3 is 2.62 bits per heavy atom. The molecule has 1 aromatic carbocycles. The zero-order valence-corrected chi connectivity index (χ0v) is 13.6. The maximum Gasteiger partial charge on any atom is 0.328 e. The smallest absolute Gasteiger partial charge is 0.328 e. The van der Waals surface area contributed by atoms with Crippen molar-refractivity contribution in [3.63, 3.8) is 0 Å². The fourth-order valence-electron chi connectivity index (χ4n) is 2.22. The van der Waals surface area contributed by atoms with Gasteiger partial charge in [-0.2, -0.15) is 8.42 Å². The van der Waals surface area contributed by atoms with Crippen LogP contribution in [0.4, 0.5) is 5.82 Å². The van der Waals surface area contributed by atoms with Crippen molar-refractivity contribution in [2.75, 3.05) is 12.3 Å². The van der Waals surface area contributed by atoms with Crippen LogP contribution in [0.2, 0.25) is 0 Å². The van der Waals surface area contributed by atoms with Crippen molar-refractivity contribution in [3.8, 4) is 5.75 Å². The first-order valence-electron chi connectivity index (χ1n) is 7.00. The van der Waals surface area contributed by atoms with E-state index in [9.17, 15) is 13.0 Å². The Labute approximate surface area is 137 Å². The van der Waals surface area contributed by atoms with Gasteiger partial charge in [0.25, 0.3) is 5.16 Å². The average Bonchev–Trinajstić information content (AvgIpc) is 2.90. The molecule has 2 heterocycles. The van der Waals surface area contributed by atoms with Gasteiger partial charge in [0.1, 0.15) is 18.7 Å². The minimum Gasteiger partial charge on any atom is -0.492 e. The van der Waals surface area contributed by atoms with E-state index >= 15 is 0 Å². The summed E-state index contributed by atoms with van der Waals surface area (Å²) >= 11 is 0. The number of hydrogen-bond donors (Lipinski definition) is 2. The second kappa shape index (κ2) is 6.06. The molecule has 0 aliphatic rings. The number of benzene rings is 1. The standard InChI is InChI=1S/C14H15N5O4S/c1-9-2-4-10(5-3-9)23-7-6-19-13-11(12(15)16-8-17-13)18-14(19)24(20,21)22/h2-5,8H,6-7H2,1H3,(H2,15,16,17)(H,20,21,22). The van der Waals surface area contributed by atoms with Gasteiger partial charge in [-0.15, -0.1) is 0 Å². The number of nitrogen functional groups attached to an aromatic ring is 1. The summed E-state index contributed by atoms with van der Waals surface area (Å²) in [6.07, 6.45) is 1.20. The van der Waals surface area contributed by atoms with Gasteiger partial charge in [0, 0.05) is 0 Å². The molecule has 126 valence electrons. The van der Waals surface area contributed by atoms with Crippen LogP contribution in [0, 0.1) is 6.92 Å². The van der Waals surface area contributed by atoms with E-state index in [0.717, 1.165) is 5.56 Å². The molecule has 0 spiro atoms. The maximum absolute atomic E-state index is 11.5. The molecule has 0 aliphatic heterocycles. The average molecular weight is 349 g/mol. The van der Waals surface area contributed by atoms with Crippen LogP contribution in [0.1, 0.15) is 5.56 Å². The number of nitrogens with two attached hydrogens (primary N) is 1. The lowest BCUT2D eigenvalue weighted by Gasteiger charge is -2.09. The number of anilines is 1. The molecular formula is C14H15N5O4S. The van der Waals surface area contributed by atoms with Crippen LogP contribution in [0.15, 0.2) is 35.7 Å². The van der Waals surface area contributed by atoms with Crippen molar-refractivity contribution in [1.82, 2.24) is 19.5 Å². The zero-order chi connectivity index (χ0) is 17.3. The molecule has 3 aromatic rings. The molecule has 3 N–H and O–H groups in total. The van der Waals surface area contributed by atoms with Crippen molar-refractivity contribution in [2.45, 2.75) is 18.6 Å². The van der Waals surface area contributed by atoms with Crippen LogP contribution in [0.5, 0.6) is 5.75 Å². The highest BCUT2D eigenvalue weighted by Gasteiger charge is 2.23. The van der Waals surface area contributed by atoms with Crippen LogP contribution < -0.4 is 10.5 Å². The van der Waals surface area contributed by atoms with Gasteiger partial charge in [0.05, 0.1) is 6.54 Å². The van der Waals surface area contributed by atoms with Gasteiger partial charge in [-0.25, -0.2) is 15.0 Å². The summed E-state index contributed by atoms with van der Waals surface area (Å²) in [5, 5.41) is -0.544. The number of fused-ring (bicyclic) bond motifs is 1. The summed E-state index contributed by atoms with van der Waals surface area (Å²) in [7, 11) is -4.54. The molecule has 3 rings (SSSR count). The van der Waals surface area contributed by atoms with E-state index in [2.05, 4.69) is 15.0 Å². The minimum atomic E-state index is -4.54. The normalized spacial score (nSPS) is 11.8. The minimum absolute atomic E-state index is 0.0307. The van der Waals surface area contributed by atoms with Gasteiger partial charge in [-0.3, -0.25) is 9.12 Å². The second-order valence-electron chi connectivity index (χ2n) is 5.11. The van der Waals surface area contributed by atoms with Gasteiger partial charge in [-0.1, -0.05) is 17.7 Å². The Morgan fingerprint density at radius 1 is 1.25 bits per heavy atom. The molecule has 0 saturated heterocycles. The number of hydrogen-bond acceptors (Lipinski definition) is 7. The molecule has 10 heteroatoms. The van der Waals surface area contributed by atoms with E-state index in [-0.39, 0.29) is 30.1 Å². The molecule has 9 nitrogen and oxygen atoms in total. The summed E-state index contributed by atoms with van der Waals surface area (Å²) < 4.78 is 39.3. The van der Waals surface area contributed by atoms with E-state index in [1.807, 2.05) is 31.2 Å². The number of aryl methyl sites for hydroxylation is 1. The predicted molar refractivity (Wildman–Crippen MR) is 86.2 cm³/mol. The molecule has 0 amide bonds. The van der Waals surface area contributed by atoms with E-state index in [1.165, 1.54) is 10.9 Å². The Morgan fingerprint density at radius 2 is 1.96 bits per heavy atom. The first-order chi connectivity index (χ1) is 11.4. The highest BCUT2D eigenvalue weighted by Crippen LogP contribution is 2.21. The zero-order valence-electron chi connectivity index (χ0n) is 12.7. The molecular weight excluding hydrogens is 334 g/mol. The lowest BCUT2D eigenvalue weighted by molar-refractivity contribution is 0.293. The first-order valence-corrected chi connectivity index (χ1v) is 8.44. The molecule has 0 bridgehead atoms. The lowest BCUT2D eigenvalue weighted by Crippen LogP contribution is -2.15. The second-order valence-corrected chi connectivity index (χ2v) is 6.43. The van der Waals surface area contributed by atoms with E-state index in [1.54, 1.807) is 0 Å². The van der Waals surface area contributed by atoms with Gasteiger partial charge in [0.15, 0.2) is 17.0 Å². The number of ether oxygens (including phenoxy) is 1.